The molecule has 0 amide bonds. The molecular weight excluding hydrogens is 192 g/mol. The van der Waals surface area contributed by atoms with Gasteiger partial charge in [0.1, 0.15) is 17.4 Å². The van der Waals surface area contributed by atoms with E-state index in [1.165, 1.54) is 10.8 Å². The average Bonchev–Trinajstić information content (AvgIpc) is 2.14. The van der Waals surface area contributed by atoms with Gasteiger partial charge in [0.05, 0.1) is 0 Å². The molecule has 0 radical (unpaired) electrons. The Balaban J connectivity index is 3.39. The largest absolute Gasteiger partial charge is 0.506 e. The summed E-state index contributed by atoms with van der Waals surface area (Å²) in [7, 11) is 0. The van der Waals surface area contributed by atoms with Crippen LogP contribution in [-0.4, -0.2) is 9.67 Å². The summed E-state index contributed by atoms with van der Waals surface area (Å²) in [6.45, 7) is 6.00. The molecule has 0 fully saturated rings. The molecule has 1 aromatic rings. The van der Waals surface area contributed by atoms with Crippen molar-refractivity contribution in [1.82, 2.24) is 4.57 Å². The molecule has 0 unspecified atom stereocenters. The van der Waals surface area contributed by atoms with Crippen LogP contribution in [0.15, 0.2) is 11.0 Å². The van der Waals surface area contributed by atoms with Gasteiger partial charge < -0.3 is 9.67 Å². The predicted molar refractivity (Wildman–Crippen MR) is 56.7 cm³/mol. The fraction of sp³-hybridized carbons (Fsp3) is 0.455. The summed E-state index contributed by atoms with van der Waals surface area (Å²) in [4.78, 5) is 11.7. The molecule has 15 heavy (non-hydrogen) atoms. The Kier molecular flexibility index (Phi) is 3.15. The molecule has 80 valence electrons. The highest BCUT2D eigenvalue weighted by Crippen LogP contribution is 2.16. The summed E-state index contributed by atoms with van der Waals surface area (Å²) in [6, 6.07) is 1.82. The van der Waals surface area contributed by atoms with E-state index in [1.54, 1.807) is 6.92 Å². The van der Waals surface area contributed by atoms with Crippen LogP contribution in [0.25, 0.3) is 0 Å². The summed E-state index contributed by atoms with van der Waals surface area (Å²) < 4.78 is 1.38. The fourth-order valence-electron chi connectivity index (χ4n) is 1.40. The van der Waals surface area contributed by atoms with Crippen LogP contribution in [0, 0.1) is 24.2 Å². The quantitative estimate of drug-likeness (QED) is 0.795. The van der Waals surface area contributed by atoms with Gasteiger partial charge in [-0.3, -0.25) is 4.79 Å². The topological polar surface area (TPSA) is 66.0 Å². The van der Waals surface area contributed by atoms with E-state index < -0.39 is 0 Å². The second kappa shape index (κ2) is 4.18. The smallest absolute Gasteiger partial charge is 0.268 e. The van der Waals surface area contributed by atoms with Gasteiger partial charge in [-0.25, -0.2) is 0 Å². The van der Waals surface area contributed by atoms with Gasteiger partial charge in [0.2, 0.25) is 0 Å². The normalized spacial score (nSPS) is 10.3. The highest BCUT2D eigenvalue weighted by molar-refractivity contribution is 5.42. The van der Waals surface area contributed by atoms with Crippen LogP contribution >= 0.6 is 0 Å². The molecule has 1 aromatic heterocycles. The molecule has 0 aliphatic rings. The third-order valence-electron chi connectivity index (χ3n) is 2.19. The summed E-state index contributed by atoms with van der Waals surface area (Å²) >= 11 is 0. The molecule has 0 aliphatic heterocycles. The monoisotopic (exact) mass is 206 g/mol. The minimum atomic E-state index is -0.332. The van der Waals surface area contributed by atoms with E-state index in [2.05, 4.69) is 0 Å². The number of aromatic nitrogens is 1. The van der Waals surface area contributed by atoms with Crippen LogP contribution in [0.4, 0.5) is 0 Å². The van der Waals surface area contributed by atoms with Crippen LogP contribution in [0.5, 0.6) is 5.75 Å². The minimum Gasteiger partial charge on any atom is -0.506 e. The number of pyridine rings is 1. The third kappa shape index (κ3) is 2.18. The molecule has 0 atom stereocenters. The van der Waals surface area contributed by atoms with Crippen molar-refractivity contribution in [2.75, 3.05) is 0 Å². The molecule has 0 bridgehead atoms. The standard InChI is InChI=1S/C11H14N2O2/c1-7(2)5-13-6-10(14)8(3)9(4-12)11(13)15/h6-7,14H,5H2,1-3H3. The van der Waals surface area contributed by atoms with Crippen LogP contribution in [0.3, 0.4) is 0 Å². The lowest BCUT2D eigenvalue weighted by Gasteiger charge is -2.11. The summed E-state index contributed by atoms with van der Waals surface area (Å²) in [5.74, 6) is 0.281. The van der Waals surface area contributed by atoms with Crippen molar-refractivity contribution in [1.29, 1.82) is 5.26 Å². The van der Waals surface area contributed by atoms with Crippen LogP contribution in [0.2, 0.25) is 0 Å². The van der Waals surface area contributed by atoms with E-state index in [1.807, 2.05) is 19.9 Å². The third-order valence-corrected chi connectivity index (χ3v) is 2.19. The Labute approximate surface area is 88.4 Å². The number of rotatable bonds is 2. The maximum absolute atomic E-state index is 11.7. The van der Waals surface area contributed by atoms with E-state index in [0.29, 0.717) is 12.1 Å². The van der Waals surface area contributed by atoms with E-state index in [-0.39, 0.29) is 22.8 Å². The van der Waals surface area contributed by atoms with Gasteiger partial charge in [-0.2, -0.15) is 5.26 Å². The van der Waals surface area contributed by atoms with Gasteiger partial charge in [0.25, 0.3) is 5.56 Å². The van der Waals surface area contributed by atoms with Crippen molar-refractivity contribution in [3.63, 3.8) is 0 Å². The van der Waals surface area contributed by atoms with Crippen LogP contribution in [0.1, 0.15) is 25.0 Å². The second-order valence-corrected chi connectivity index (χ2v) is 3.98. The van der Waals surface area contributed by atoms with Crippen LogP contribution in [-0.2, 0) is 6.54 Å². The number of nitriles is 1. The zero-order valence-corrected chi connectivity index (χ0v) is 9.11. The zero-order valence-electron chi connectivity index (χ0n) is 9.11. The molecule has 0 aliphatic carbocycles. The number of hydrogen-bond acceptors (Lipinski definition) is 3. The van der Waals surface area contributed by atoms with Gasteiger partial charge in [-0.15, -0.1) is 0 Å². The van der Waals surface area contributed by atoms with Crippen molar-refractivity contribution >= 4 is 0 Å². The number of nitrogens with zero attached hydrogens (tertiary/aromatic N) is 2. The highest BCUT2D eigenvalue weighted by Gasteiger charge is 2.11. The minimum absolute atomic E-state index is 0.00759. The highest BCUT2D eigenvalue weighted by atomic mass is 16.3. The SMILES string of the molecule is Cc1c(O)cn(CC(C)C)c(=O)c1C#N. The maximum atomic E-state index is 11.7. The van der Waals surface area contributed by atoms with Crippen molar-refractivity contribution in [3.8, 4) is 11.8 Å². The molecule has 0 saturated heterocycles. The van der Waals surface area contributed by atoms with Crippen molar-refractivity contribution < 1.29 is 5.11 Å². The lowest BCUT2D eigenvalue weighted by atomic mass is 10.1. The Morgan fingerprint density at radius 3 is 2.67 bits per heavy atom. The zero-order chi connectivity index (χ0) is 11.6. The Morgan fingerprint density at radius 2 is 2.20 bits per heavy atom. The molecular formula is C11H14N2O2. The van der Waals surface area contributed by atoms with Gasteiger partial charge >= 0.3 is 0 Å². The van der Waals surface area contributed by atoms with E-state index >= 15 is 0 Å². The Morgan fingerprint density at radius 1 is 1.60 bits per heavy atom. The second-order valence-electron chi connectivity index (χ2n) is 3.98. The van der Waals surface area contributed by atoms with Gasteiger partial charge in [0, 0.05) is 18.3 Å². The first-order chi connectivity index (χ1) is 6.97. The Bertz CT molecular complexity index is 467. The molecule has 0 saturated carbocycles. The molecule has 0 spiro atoms. The van der Waals surface area contributed by atoms with Gasteiger partial charge in [-0.1, -0.05) is 13.8 Å². The molecule has 1 heterocycles. The van der Waals surface area contributed by atoms with E-state index in [9.17, 15) is 9.90 Å². The van der Waals surface area contributed by atoms with Crippen molar-refractivity contribution in [2.45, 2.75) is 27.3 Å². The number of aromatic hydroxyl groups is 1. The van der Waals surface area contributed by atoms with E-state index in [0.717, 1.165) is 0 Å². The first kappa shape index (κ1) is 11.3. The summed E-state index contributed by atoms with van der Waals surface area (Å²) in [5, 5.41) is 18.3. The summed E-state index contributed by atoms with van der Waals surface area (Å²) in [6.07, 6.45) is 1.39. The van der Waals surface area contributed by atoms with Crippen molar-refractivity contribution in [2.24, 2.45) is 5.92 Å². The van der Waals surface area contributed by atoms with Crippen LogP contribution < -0.4 is 5.56 Å². The first-order valence-electron chi connectivity index (χ1n) is 4.80. The van der Waals surface area contributed by atoms with Crippen molar-refractivity contribution in [3.05, 3.63) is 27.7 Å². The molecule has 4 heteroatoms. The molecule has 1 rings (SSSR count). The first-order valence-corrected chi connectivity index (χ1v) is 4.80. The average molecular weight is 206 g/mol. The summed E-state index contributed by atoms with van der Waals surface area (Å²) in [5.41, 5.74) is 0.0413. The molecule has 4 nitrogen and oxygen atoms in total. The van der Waals surface area contributed by atoms with Gasteiger partial charge in [0.15, 0.2) is 0 Å². The van der Waals surface area contributed by atoms with E-state index in [4.69, 9.17) is 5.26 Å². The maximum Gasteiger partial charge on any atom is 0.268 e. The van der Waals surface area contributed by atoms with Gasteiger partial charge in [-0.05, 0) is 12.8 Å². The lowest BCUT2D eigenvalue weighted by Crippen LogP contribution is -2.25. The molecule has 0 aromatic carbocycles. The fourth-order valence-corrected chi connectivity index (χ4v) is 1.40. The molecule has 1 N–H and O–H groups in total. The number of hydrogen-bond donors (Lipinski definition) is 1. The Hall–Kier alpha value is -1.76. The lowest BCUT2D eigenvalue weighted by molar-refractivity contribution is 0.447. The predicted octanol–water partition coefficient (Wildman–Crippen LogP) is 1.39.